The summed E-state index contributed by atoms with van der Waals surface area (Å²) in [7, 11) is 1.34. The van der Waals surface area contributed by atoms with E-state index in [2.05, 4.69) is 15.0 Å². The second kappa shape index (κ2) is 9.84. The summed E-state index contributed by atoms with van der Waals surface area (Å²) in [5.74, 6) is -0.181. The maximum atomic E-state index is 12.7. The van der Waals surface area contributed by atoms with Crippen molar-refractivity contribution < 1.29 is 27.6 Å². The number of pyridine rings is 1. The van der Waals surface area contributed by atoms with Crippen LogP contribution in [0.25, 0.3) is 11.0 Å². The van der Waals surface area contributed by atoms with Gasteiger partial charge >= 0.3 is 70.4 Å². The maximum absolute atomic E-state index is 12.7. The number of rotatable bonds is 4. The van der Waals surface area contributed by atoms with Crippen LogP contribution in [0.3, 0.4) is 0 Å². The number of H-pyrrole nitrogens is 1. The Morgan fingerprint density at radius 3 is 2.59 bits per heavy atom. The van der Waals surface area contributed by atoms with E-state index in [1.165, 1.54) is 25.4 Å². The number of halogens is 3. The average molecular weight is 419 g/mol. The van der Waals surface area contributed by atoms with Crippen LogP contribution in [0.15, 0.2) is 35.6 Å². The molecule has 3 aromatic rings. The fourth-order valence-electron chi connectivity index (χ4n) is 2.26. The van der Waals surface area contributed by atoms with E-state index in [9.17, 15) is 22.8 Å². The Bertz CT molecular complexity index is 924. The van der Waals surface area contributed by atoms with Crippen LogP contribution in [0.5, 0.6) is 11.5 Å². The Hall–Kier alpha value is -0.460. The number of benzene rings is 1. The summed E-state index contributed by atoms with van der Waals surface area (Å²) >= 11 is -1.72. The molecule has 12 heteroatoms. The summed E-state index contributed by atoms with van der Waals surface area (Å²) in [6.45, 7) is 0. The normalized spacial score (nSPS) is 12.2. The third kappa shape index (κ3) is 5.54. The SMILES string of the molecule is COc1c(O)ccnc1C[S+]([O-])c1nc2cc(C(F)(F)F)ccc2[nH]1.[NaH].[NaH]. The van der Waals surface area contributed by atoms with Crippen LogP contribution in [0.1, 0.15) is 11.3 Å². The number of ether oxygens (including phenoxy) is 1. The predicted molar refractivity (Wildman–Crippen MR) is 98.0 cm³/mol. The van der Waals surface area contributed by atoms with E-state index < -0.39 is 22.9 Å². The number of hydrogen-bond acceptors (Lipinski definition) is 5. The molecule has 136 valence electrons. The summed E-state index contributed by atoms with van der Waals surface area (Å²) in [6, 6.07) is 4.37. The van der Waals surface area contributed by atoms with Crippen molar-refractivity contribution in [2.45, 2.75) is 17.1 Å². The zero-order valence-electron chi connectivity index (χ0n) is 12.8. The summed E-state index contributed by atoms with van der Waals surface area (Å²) in [4.78, 5) is 10.7. The number of aromatic amines is 1. The molecule has 0 aliphatic heterocycles. The number of imidazole rings is 1. The first-order chi connectivity index (χ1) is 11.8. The van der Waals surface area contributed by atoms with Gasteiger partial charge in [-0.25, -0.2) is 0 Å². The van der Waals surface area contributed by atoms with Crippen molar-refractivity contribution in [2.75, 3.05) is 7.11 Å². The molecule has 0 aliphatic rings. The standard InChI is InChI=1S/C15H12F3N3O3S.2Na.2H/c1-24-13-11(19-5-4-12(13)22)7-25(23)14-20-9-3-2-8(15(16,17)18)6-10(9)21-14;;;;/h2-6H,7H2,1H3,(H,19,22)(H,20,21);;;;. The first-order valence-electron chi connectivity index (χ1n) is 6.96. The Morgan fingerprint density at radius 2 is 1.96 bits per heavy atom. The van der Waals surface area contributed by atoms with Crippen LogP contribution < -0.4 is 4.74 Å². The molecule has 0 aliphatic carbocycles. The number of methoxy groups -OCH3 is 1. The molecule has 2 aromatic heterocycles. The van der Waals surface area contributed by atoms with E-state index in [1.54, 1.807) is 0 Å². The Morgan fingerprint density at radius 1 is 1.26 bits per heavy atom. The quantitative estimate of drug-likeness (QED) is 0.496. The number of aromatic nitrogens is 3. The number of nitrogens with zero attached hydrogens (tertiary/aromatic N) is 2. The van der Waals surface area contributed by atoms with E-state index in [0.717, 1.165) is 12.1 Å². The second-order valence-corrected chi connectivity index (χ2v) is 6.44. The number of hydrogen-bond donors (Lipinski definition) is 2. The molecular formula is C15H14F3N3Na2O3S. The number of alkyl halides is 3. The molecule has 1 atom stereocenters. The molecule has 0 radical (unpaired) electrons. The summed E-state index contributed by atoms with van der Waals surface area (Å²) in [6.07, 6.45) is -3.15. The number of aromatic hydroxyl groups is 1. The molecule has 0 saturated heterocycles. The van der Waals surface area contributed by atoms with Gasteiger partial charge in [-0.05, 0) is 18.2 Å². The molecule has 0 bridgehead atoms. The third-order valence-corrected chi connectivity index (χ3v) is 4.59. The van der Waals surface area contributed by atoms with Gasteiger partial charge in [-0.2, -0.15) is 18.2 Å². The minimum absolute atomic E-state index is 0. The Labute approximate surface area is 199 Å². The molecular weight excluding hydrogens is 405 g/mol. The average Bonchev–Trinajstić information content (AvgIpc) is 2.97. The fourth-order valence-corrected chi connectivity index (χ4v) is 3.28. The van der Waals surface area contributed by atoms with E-state index in [0.29, 0.717) is 5.52 Å². The second-order valence-electron chi connectivity index (χ2n) is 5.07. The van der Waals surface area contributed by atoms with Gasteiger partial charge in [0.1, 0.15) is 5.69 Å². The van der Waals surface area contributed by atoms with E-state index >= 15 is 0 Å². The predicted octanol–water partition coefficient (Wildman–Crippen LogP) is 1.70. The van der Waals surface area contributed by atoms with Gasteiger partial charge in [-0.15, -0.1) is 0 Å². The van der Waals surface area contributed by atoms with Gasteiger partial charge in [0.25, 0.3) is 0 Å². The van der Waals surface area contributed by atoms with Crippen molar-refractivity contribution in [1.29, 1.82) is 0 Å². The monoisotopic (exact) mass is 419 g/mol. The van der Waals surface area contributed by atoms with Crippen molar-refractivity contribution in [3.63, 3.8) is 0 Å². The van der Waals surface area contributed by atoms with Gasteiger partial charge in [0.15, 0.2) is 17.3 Å². The van der Waals surface area contributed by atoms with Crippen molar-refractivity contribution in [3.05, 3.63) is 41.7 Å². The van der Waals surface area contributed by atoms with Gasteiger partial charge in [0.05, 0.1) is 23.7 Å². The van der Waals surface area contributed by atoms with Gasteiger partial charge in [-0.3, -0.25) is 9.97 Å². The third-order valence-electron chi connectivity index (χ3n) is 3.43. The van der Waals surface area contributed by atoms with Crippen molar-refractivity contribution in [1.82, 2.24) is 15.0 Å². The number of fused-ring (bicyclic) bond motifs is 1. The molecule has 1 unspecified atom stereocenters. The van der Waals surface area contributed by atoms with Crippen LogP contribution in [0, 0.1) is 0 Å². The molecule has 2 N–H and O–H groups in total. The van der Waals surface area contributed by atoms with Crippen LogP contribution in [-0.4, -0.2) is 90.8 Å². The molecule has 0 saturated carbocycles. The summed E-state index contributed by atoms with van der Waals surface area (Å²) in [5, 5.41) is 9.72. The molecule has 0 amide bonds. The zero-order chi connectivity index (χ0) is 18.2. The Balaban J connectivity index is 0.00000182. The molecule has 3 rings (SSSR count). The van der Waals surface area contributed by atoms with Crippen molar-refractivity contribution in [2.24, 2.45) is 0 Å². The van der Waals surface area contributed by atoms with E-state index in [-0.39, 0.29) is 92.7 Å². The molecule has 0 spiro atoms. The summed E-state index contributed by atoms with van der Waals surface area (Å²) < 4.78 is 55.7. The number of nitrogens with one attached hydrogen (secondary N) is 1. The topological polar surface area (TPSA) is 94.1 Å². The minimum atomic E-state index is -4.48. The van der Waals surface area contributed by atoms with E-state index in [4.69, 9.17) is 4.74 Å². The summed E-state index contributed by atoms with van der Waals surface area (Å²) in [5.41, 5.74) is -0.182. The molecule has 27 heavy (non-hydrogen) atoms. The van der Waals surface area contributed by atoms with E-state index in [1.807, 2.05) is 0 Å². The van der Waals surface area contributed by atoms with Gasteiger partial charge < -0.3 is 14.4 Å². The Kier molecular flexibility index (Phi) is 8.96. The van der Waals surface area contributed by atoms with Gasteiger partial charge in [-0.1, -0.05) is 0 Å². The zero-order valence-corrected chi connectivity index (χ0v) is 13.6. The van der Waals surface area contributed by atoms with Crippen LogP contribution in [-0.2, 0) is 23.1 Å². The van der Waals surface area contributed by atoms with Gasteiger partial charge in [0.2, 0.25) is 0 Å². The molecule has 6 nitrogen and oxygen atoms in total. The van der Waals surface area contributed by atoms with Crippen LogP contribution >= 0.6 is 0 Å². The first kappa shape index (κ1) is 24.6. The van der Waals surface area contributed by atoms with Crippen LogP contribution in [0.4, 0.5) is 13.2 Å². The fraction of sp³-hybridized carbons (Fsp3) is 0.200. The van der Waals surface area contributed by atoms with Gasteiger partial charge in [0, 0.05) is 23.4 Å². The first-order valence-corrected chi connectivity index (χ1v) is 8.27. The molecule has 2 heterocycles. The van der Waals surface area contributed by atoms with Crippen LogP contribution in [0.2, 0.25) is 0 Å². The molecule has 1 aromatic carbocycles. The van der Waals surface area contributed by atoms with Crippen molar-refractivity contribution >= 4 is 81.3 Å². The molecule has 0 fully saturated rings. The van der Waals surface area contributed by atoms with Crippen molar-refractivity contribution in [3.8, 4) is 11.5 Å².